The molecule has 0 saturated heterocycles. The molecule has 1 rings (SSSR count). The number of anilines is 1. The highest BCUT2D eigenvalue weighted by Crippen LogP contribution is 2.22. The van der Waals surface area contributed by atoms with Gasteiger partial charge in [0.2, 0.25) is 0 Å². The molecule has 0 radical (unpaired) electrons. The molecule has 0 saturated carbocycles. The van der Waals surface area contributed by atoms with Gasteiger partial charge in [0.05, 0.1) is 12.8 Å². The van der Waals surface area contributed by atoms with Crippen molar-refractivity contribution in [1.82, 2.24) is 4.98 Å². The van der Waals surface area contributed by atoms with Gasteiger partial charge in [-0.15, -0.1) is 11.8 Å². The van der Waals surface area contributed by atoms with Crippen LogP contribution in [-0.4, -0.2) is 23.8 Å². The molecule has 1 heterocycles. The van der Waals surface area contributed by atoms with Crippen LogP contribution in [0.3, 0.4) is 0 Å². The third-order valence-corrected chi connectivity index (χ3v) is 2.90. The summed E-state index contributed by atoms with van der Waals surface area (Å²) in [5.74, 6) is 0.639. The number of nitrogens with two attached hydrogens (primary N) is 1. The minimum absolute atomic E-state index is 0.176. The van der Waals surface area contributed by atoms with E-state index in [9.17, 15) is 4.79 Å². The average Bonchev–Trinajstić information content (AvgIpc) is 2.26. The molecule has 0 amide bonds. The Morgan fingerprint density at radius 2 is 2.47 bits per heavy atom. The fourth-order valence-electron chi connectivity index (χ4n) is 1.01. The Kier molecular flexibility index (Phi) is 4.97. The normalized spacial score (nSPS) is 9.93. The number of rotatable bonds is 5. The predicted molar refractivity (Wildman–Crippen MR) is 60.6 cm³/mol. The van der Waals surface area contributed by atoms with Crippen LogP contribution in [0.4, 0.5) is 5.69 Å². The van der Waals surface area contributed by atoms with Crippen molar-refractivity contribution in [3.8, 4) is 0 Å². The molecule has 0 aliphatic carbocycles. The first kappa shape index (κ1) is 11.8. The number of carbonyl (C=O) groups excluding carboxylic acids is 1. The summed E-state index contributed by atoms with van der Waals surface area (Å²) in [7, 11) is 1.40. The van der Waals surface area contributed by atoms with Gasteiger partial charge in [-0.1, -0.05) is 0 Å². The van der Waals surface area contributed by atoms with Crippen LogP contribution < -0.4 is 5.73 Å². The molecule has 0 atom stereocenters. The van der Waals surface area contributed by atoms with Crippen LogP contribution in [0.2, 0.25) is 0 Å². The predicted octanol–water partition coefficient (Wildman–Crippen LogP) is 1.71. The molecule has 0 aromatic carbocycles. The molecule has 4 nitrogen and oxygen atoms in total. The lowest BCUT2D eigenvalue weighted by atomic mass is 10.3. The van der Waals surface area contributed by atoms with Gasteiger partial charge in [0, 0.05) is 18.4 Å². The van der Waals surface area contributed by atoms with E-state index in [1.54, 1.807) is 24.0 Å². The van der Waals surface area contributed by atoms with E-state index in [1.165, 1.54) is 7.11 Å². The summed E-state index contributed by atoms with van der Waals surface area (Å²) in [6.07, 6.45) is 2.92. The molecular weight excluding hydrogens is 212 g/mol. The van der Waals surface area contributed by atoms with E-state index in [1.807, 2.05) is 6.07 Å². The number of nitrogen functional groups attached to an aromatic ring is 1. The minimum Gasteiger partial charge on any atom is -0.469 e. The summed E-state index contributed by atoms with van der Waals surface area (Å²) in [4.78, 5) is 15.0. The molecule has 82 valence electrons. The molecule has 2 N–H and O–H groups in total. The van der Waals surface area contributed by atoms with Gasteiger partial charge < -0.3 is 10.5 Å². The van der Waals surface area contributed by atoms with Gasteiger partial charge in [-0.3, -0.25) is 4.79 Å². The van der Waals surface area contributed by atoms with Crippen LogP contribution in [0, 0.1) is 0 Å². The third-order valence-electron chi connectivity index (χ3n) is 1.79. The van der Waals surface area contributed by atoms with Crippen molar-refractivity contribution in [3.05, 3.63) is 18.3 Å². The Hall–Kier alpha value is -1.23. The van der Waals surface area contributed by atoms with Crippen LogP contribution in [0.15, 0.2) is 23.4 Å². The maximum atomic E-state index is 10.8. The van der Waals surface area contributed by atoms with E-state index < -0.39 is 0 Å². The summed E-state index contributed by atoms with van der Waals surface area (Å²) in [5.41, 5.74) is 6.39. The fraction of sp³-hybridized carbons (Fsp3) is 0.400. The number of hydrogen-bond donors (Lipinski definition) is 1. The molecular formula is C10H14N2O2S. The molecule has 5 heteroatoms. The molecule has 0 bridgehead atoms. The van der Waals surface area contributed by atoms with Crippen molar-refractivity contribution in [1.29, 1.82) is 0 Å². The lowest BCUT2D eigenvalue weighted by Crippen LogP contribution is -2.00. The molecule has 1 aromatic heterocycles. The van der Waals surface area contributed by atoms with E-state index in [0.717, 1.165) is 17.2 Å². The first-order chi connectivity index (χ1) is 7.24. The largest absolute Gasteiger partial charge is 0.469 e. The summed E-state index contributed by atoms with van der Waals surface area (Å²) in [6.45, 7) is 0. The van der Waals surface area contributed by atoms with E-state index in [4.69, 9.17) is 5.73 Å². The first-order valence-electron chi connectivity index (χ1n) is 4.64. The SMILES string of the molecule is COC(=O)CCCSc1ncccc1N. The Balaban J connectivity index is 2.26. The smallest absolute Gasteiger partial charge is 0.305 e. The number of aromatic nitrogens is 1. The van der Waals surface area contributed by atoms with Crippen LogP contribution in [-0.2, 0) is 9.53 Å². The van der Waals surface area contributed by atoms with Gasteiger partial charge in [-0.25, -0.2) is 4.98 Å². The van der Waals surface area contributed by atoms with Crippen LogP contribution in [0.25, 0.3) is 0 Å². The van der Waals surface area contributed by atoms with Gasteiger partial charge in [0.25, 0.3) is 0 Å². The number of methoxy groups -OCH3 is 1. The molecule has 0 fully saturated rings. The van der Waals surface area contributed by atoms with Crippen LogP contribution in [0.1, 0.15) is 12.8 Å². The highest BCUT2D eigenvalue weighted by molar-refractivity contribution is 7.99. The van der Waals surface area contributed by atoms with Gasteiger partial charge in [-0.2, -0.15) is 0 Å². The molecule has 1 aromatic rings. The summed E-state index contributed by atoms with van der Waals surface area (Å²) in [5, 5.41) is 0.822. The molecule has 0 aliphatic rings. The summed E-state index contributed by atoms with van der Waals surface area (Å²) >= 11 is 1.56. The van der Waals surface area contributed by atoms with Crippen LogP contribution in [0.5, 0.6) is 0 Å². The second-order valence-electron chi connectivity index (χ2n) is 2.93. The van der Waals surface area contributed by atoms with Gasteiger partial charge in [0.1, 0.15) is 5.03 Å². The number of esters is 1. The van der Waals surface area contributed by atoms with Gasteiger partial charge in [-0.05, 0) is 18.6 Å². The summed E-state index contributed by atoms with van der Waals surface area (Å²) < 4.78 is 4.54. The lowest BCUT2D eigenvalue weighted by Gasteiger charge is -2.02. The molecule has 0 spiro atoms. The number of thioether (sulfide) groups is 1. The van der Waals surface area contributed by atoms with Gasteiger partial charge >= 0.3 is 5.97 Å². The van der Waals surface area contributed by atoms with Crippen molar-refractivity contribution in [3.63, 3.8) is 0 Å². The van der Waals surface area contributed by atoms with Crippen molar-refractivity contribution in [2.24, 2.45) is 0 Å². The number of nitrogens with zero attached hydrogens (tertiary/aromatic N) is 1. The second kappa shape index (κ2) is 6.29. The molecule has 15 heavy (non-hydrogen) atoms. The van der Waals surface area contributed by atoms with E-state index >= 15 is 0 Å². The van der Waals surface area contributed by atoms with Crippen molar-refractivity contribution in [2.75, 3.05) is 18.6 Å². The summed E-state index contributed by atoms with van der Waals surface area (Å²) in [6, 6.07) is 3.61. The van der Waals surface area contributed by atoms with Gasteiger partial charge in [0.15, 0.2) is 0 Å². The van der Waals surface area contributed by atoms with Crippen molar-refractivity contribution >= 4 is 23.4 Å². The Morgan fingerprint density at radius 1 is 1.67 bits per heavy atom. The highest BCUT2D eigenvalue weighted by Gasteiger charge is 2.02. The molecule has 0 aliphatic heterocycles. The minimum atomic E-state index is -0.176. The maximum Gasteiger partial charge on any atom is 0.305 e. The third kappa shape index (κ3) is 4.20. The number of pyridine rings is 1. The monoisotopic (exact) mass is 226 g/mol. The highest BCUT2D eigenvalue weighted by atomic mass is 32.2. The van der Waals surface area contributed by atoms with Crippen LogP contribution >= 0.6 is 11.8 Å². The second-order valence-corrected chi connectivity index (χ2v) is 4.01. The van der Waals surface area contributed by atoms with Crippen molar-refractivity contribution in [2.45, 2.75) is 17.9 Å². The topological polar surface area (TPSA) is 65.2 Å². The standard InChI is InChI=1S/C10H14N2O2S/c1-14-9(13)5-3-7-15-10-8(11)4-2-6-12-10/h2,4,6H,3,5,7,11H2,1H3. The maximum absolute atomic E-state index is 10.8. The molecule has 0 unspecified atom stereocenters. The van der Waals surface area contributed by atoms with E-state index in [-0.39, 0.29) is 5.97 Å². The van der Waals surface area contributed by atoms with E-state index in [2.05, 4.69) is 9.72 Å². The Labute approximate surface area is 93.2 Å². The zero-order chi connectivity index (χ0) is 11.1. The first-order valence-corrected chi connectivity index (χ1v) is 5.62. The zero-order valence-corrected chi connectivity index (χ0v) is 9.42. The lowest BCUT2D eigenvalue weighted by molar-refractivity contribution is -0.140. The zero-order valence-electron chi connectivity index (χ0n) is 8.60. The number of hydrogen-bond acceptors (Lipinski definition) is 5. The average molecular weight is 226 g/mol. The fourth-order valence-corrected chi connectivity index (χ4v) is 1.86. The Morgan fingerprint density at radius 3 is 3.13 bits per heavy atom. The Bertz CT molecular complexity index is 331. The number of ether oxygens (including phenoxy) is 1. The van der Waals surface area contributed by atoms with E-state index in [0.29, 0.717) is 12.1 Å². The van der Waals surface area contributed by atoms with Crippen molar-refractivity contribution < 1.29 is 9.53 Å². The number of carbonyl (C=O) groups is 1. The quantitative estimate of drug-likeness (QED) is 0.470.